The van der Waals surface area contributed by atoms with Crippen molar-refractivity contribution in [3.8, 4) is 0 Å². The molecule has 0 aromatic rings. The van der Waals surface area contributed by atoms with Gasteiger partial charge in [-0.05, 0) is 0 Å². The Labute approximate surface area is 136 Å². The van der Waals surface area contributed by atoms with Gasteiger partial charge in [0.05, 0.1) is 0 Å². The Hall–Kier alpha value is -1.14. The van der Waals surface area contributed by atoms with Crippen molar-refractivity contribution in [3.05, 3.63) is 0 Å². The topological polar surface area (TPSA) is 54.4 Å². The fourth-order valence-electron chi connectivity index (χ4n) is 2.14. The molecule has 2 unspecified atom stereocenters. The van der Waals surface area contributed by atoms with Crippen LogP contribution in [0.15, 0.2) is 0 Å². The van der Waals surface area contributed by atoms with Gasteiger partial charge in [0.2, 0.25) is 0 Å². The summed E-state index contributed by atoms with van der Waals surface area (Å²) in [5.74, 6) is -41.7. The van der Waals surface area contributed by atoms with Gasteiger partial charge in [-0.3, -0.25) is 4.55 Å². The van der Waals surface area contributed by atoms with Crippen LogP contribution in [0.5, 0.6) is 0 Å². The quantitative estimate of drug-likeness (QED) is 0.499. The zero-order valence-corrected chi connectivity index (χ0v) is 12.2. The predicted molar refractivity (Wildman–Crippen MR) is 50.0 cm³/mol. The number of rotatable bonds is 2. The van der Waals surface area contributed by atoms with Crippen molar-refractivity contribution in [1.82, 2.24) is 0 Å². The summed E-state index contributed by atoms with van der Waals surface area (Å²) in [6.07, 6.45) is -7.97. The van der Waals surface area contributed by atoms with Gasteiger partial charge in [0, 0.05) is 0 Å². The van der Waals surface area contributed by atoms with Gasteiger partial charge >= 0.3 is 56.6 Å². The first kappa shape index (κ1) is 23.9. The first-order valence-electron chi connectivity index (χ1n) is 5.55. The third-order valence-corrected chi connectivity index (χ3v) is 4.83. The molecule has 0 bridgehead atoms. The van der Waals surface area contributed by atoms with Gasteiger partial charge in [-0.15, -0.1) is 0 Å². The maximum absolute atomic E-state index is 13.9. The van der Waals surface area contributed by atoms with Gasteiger partial charge < -0.3 is 0 Å². The van der Waals surface area contributed by atoms with Crippen LogP contribution in [0.4, 0.5) is 65.9 Å². The molecule has 3 nitrogen and oxygen atoms in total. The van der Waals surface area contributed by atoms with Crippen LogP contribution in [-0.2, 0) is 10.1 Å². The minimum atomic E-state index is -8.64. The van der Waals surface area contributed by atoms with E-state index in [2.05, 4.69) is 0 Å². The highest BCUT2D eigenvalue weighted by molar-refractivity contribution is 7.87. The third-order valence-electron chi connectivity index (χ3n) is 3.61. The van der Waals surface area contributed by atoms with Crippen molar-refractivity contribution >= 4 is 10.1 Å². The van der Waals surface area contributed by atoms with E-state index in [1.54, 1.807) is 0 Å². The fourth-order valence-corrected chi connectivity index (χ4v) is 3.06. The highest BCUT2D eigenvalue weighted by atomic mass is 32.2. The molecule has 1 aliphatic rings. The molecule has 0 saturated heterocycles. The average Bonchev–Trinajstić information content (AvgIpc) is 2.40. The lowest BCUT2D eigenvalue weighted by Crippen LogP contribution is -2.90. The van der Waals surface area contributed by atoms with Crippen molar-refractivity contribution in [2.24, 2.45) is 0 Å². The largest absolute Gasteiger partial charge is 0.457 e. The molecule has 1 rings (SSSR count). The number of halogens is 15. The van der Waals surface area contributed by atoms with Gasteiger partial charge in [0.1, 0.15) is 0 Å². The smallest absolute Gasteiger partial charge is 0.283 e. The normalized spacial score (nSPS) is 35.7. The first-order valence-corrected chi connectivity index (χ1v) is 6.99. The van der Waals surface area contributed by atoms with Crippen LogP contribution in [0.2, 0.25) is 0 Å². The second-order valence-electron chi connectivity index (χ2n) is 5.10. The van der Waals surface area contributed by atoms with Crippen LogP contribution in [0.1, 0.15) is 0 Å². The summed E-state index contributed by atoms with van der Waals surface area (Å²) in [6.45, 7) is 0. The number of alkyl halides is 15. The molecule has 0 aliphatic heterocycles. The van der Waals surface area contributed by atoms with E-state index in [-0.39, 0.29) is 0 Å². The highest BCUT2D eigenvalue weighted by Crippen LogP contribution is 2.74. The minimum Gasteiger partial charge on any atom is -0.283 e. The Morgan fingerprint density at radius 2 is 0.926 bits per heavy atom. The molecule has 0 heterocycles. The molecular formula is C8HF15O3S. The summed E-state index contributed by atoms with van der Waals surface area (Å²) in [7, 11) is -8.26. The molecule has 19 heteroatoms. The Morgan fingerprint density at radius 1 is 0.593 bits per heavy atom. The molecule has 0 amide bonds. The molecule has 1 saturated carbocycles. The van der Waals surface area contributed by atoms with E-state index in [1.807, 2.05) is 0 Å². The lowest BCUT2D eigenvalue weighted by atomic mass is 9.69. The van der Waals surface area contributed by atoms with Crippen molar-refractivity contribution in [2.75, 3.05) is 0 Å². The van der Waals surface area contributed by atoms with Crippen molar-refractivity contribution in [2.45, 2.75) is 46.5 Å². The Kier molecular flexibility index (Phi) is 4.48. The van der Waals surface area contributed by atoms with E-state index in [4.69, 9.17) is 4.55 Å². The van der Waals surface area contributed by atoms with E-state index in [0.717, 1.165) is 0 Å². The molecule has 0 aromatic heterocycles. The summed E-state index contributed by atoms with van der Waals surface area (Å²) >= 11 is 0. The van der Waals surface area contributed by atoms with Crippen LogP contribution in [0.25, 0.3) is 0 Å². The number of hydrogen-bond donors (Lipinski definition) is 1. The van der Waals surface area contributed by atoms with Gasteiger partial charge in [0.25, 0.3) is 0 Å². The summed E-state index contributed by atoms with van der Waals surface area (Å²) in [5, 5.41) is -8.07. The second kappa shape index (κ2) is 5.07. The molecule has 2 atom stereocenters. The van der Waals surface area contributed by atoms with E-state index >= 15 is 0 Å². The van der Waals surface area contributed by atoms with Gasteiger partial charge in [-0.1, -0.05) is 0 Å². The summed E-state index contributed by atoms with van der Waals surface area (Å²) in [6, 6.07) is 0. The molecule has 1 aliphatic carbocycles. The second-order valence-corrected chi connectivity index (χ2v) is 6.61. The lowest BCUT2D eigenvalue weighted by molar-refractivity contribution is -0.492. The lowest BCUT2D eigenvalue weighted by Gasteiger charge is -2.55. The maximum atomic E-state index is 13.9. The van der Waals surface area contributed by atoms with E-state index in [1.165, 1.54) is 0 Å². The van der Waals surface area contributed by atoms with E-state index in [9.17, 15) is 74.3 Å². The SMILES string of the molecule is O=S(=O)(O)C1(F)C(F)(F)C(F)(F)C(F)(F)C(F)(C(F)(F)C(F)(F)F)C1(F)F. The summed E-state index contributed by atoms with van der Waals surface area (Å²) < 4.78 is 226. The van der Waals surface area contributed by atoms with Gasteiger partial charge in [-0.25, -0.2) is 8.78 Å². The summed E-state index contributed by atoms with van der Waals surface area (Å²) in [5.41, 5.74) is -8.64. The molecule has 27 heavy (non-hydrogen) atoms. The van der Waals surface area contributed by atoms with Crippen molar-refractivity contribution in [3.63, 3.8) is 0 Å². The average molecular weight is 462 g/mol. The maximum Gasteiger partial charge on any atom is 0.457 e. The number of hydrogen-bond acceptors (Lipinski definition) is 2. The van der Waals surface area contributed by atoms with Crippen molar-refractivity contribution in [1.29, 1.82) is 0 Å². The molecule has 0 radical (unpaired) electrons. The molecule has 1 N–H and O–H groups in total. The van der Waals surface area contributed by atoms with Crippen LogP contribution in [0, 0.1) is 0 Å². The monoisotopic (exact) mass is 462 g/mol. The van der Waals surface area contributed by atoms with Gasteiger partial charge in [-0.2, -0.15) is 65.5 Å². The zero-order valence-electron chi connectivity index (χ0n) is 11.3. The van der Waals surface area contributed by atoms with E-state index < -0.39 is 56.6 Å². The molecule has 162 valence electrons. The standard InChI is InChI=1S/C8HF15O3S/c9-1(4(14,15)8(21,22)23)2(10,11)5(16,17)6(18,19)7(20,3(1,12)13)27(24,25)26/h(H,24,25,26). The minimum absolute atomic E-state index is 7.97. The zero-order chi connectivity index (χ0) is 22.5. The molecule has 0 spiro atoms. The third kappa shape index (κ3) is 2.04. The molecule has 1 fully saturated rings. The Bertz CT molecular complexity index is 739. The van der Waals surface area contributed by atoms with E-state index in [0.29, 0.717) is 0 Å². The van der Waals surface area contributed by atoms with Crippen molar-refractivity contribution < 1.29 is 78.8 Å². The summed E-state index contributed by atoms with van der Waals surface area (Å²) in [4.78, 5) is 0. The Morgan fingerprint density at radius 3 is 1.19 bits per heavy atom. The first-order chi connectivity index (χ1) is 11.2. The van der Waals surface area contributed by atoms with Crippen LogP contribution in [-0.4, -0.2) is 59.4 Å². The molecule has 0 aromatic carbocycles. The Balaban J connectivity index is 4.32. The van der Waals surface area contributed by atoms with Crippen LogP contribution < -0.4 is 0 Å². The predicted octanol–water partition coefficient (Wildman–Crippen LogP) is 4.00. The fraction of sp³-hybridized carbons (Fsp3) is 1.00. The highest BCUT2D eigenvalue weighted by Gasteiger charge is 3.08. The van der Waals surface area contributed by atoms with Crippen LogP contribution in [0.3, 0.4) is 0 Å². The van der Waals surface area contributed by atoms with Gasteiger partial charge in [0.15, 0.2) is 0 Å². The van der Waals surface area contributed by atoms with Crippen LogP contribution >= 0.6 is 0 Å². The molecular weight excluding hydrogens is 461 g/mol.